The van der Waals surface area contributed by atoms with Gasteiger partial charge in [-0.05, 0) is 17.7 Å². The molecule has 0 aromatic heterocycles. The number of nitrogen functional groups attached to an aromatic ring is 1. The molecule has 1 aliphatic heterocycles. The highest BCUT2D eigenvalue weighted by atomic mass is 16.7. The Kier molecular flexibility index (Phi) is 3.55. The van der Waals surface area contributed by atoms with Gasteiger partial charge in [-0.3, -0.25) is 4.84 Å². The average Bonchev–Trinajstić information content (AvgIpc) is 2.30. The van der Waals surface area contributed by atoms with Crippen LogP contribution in [0.3, 0.4) is 0 Å². The number of morpholine rings is 1. The van der Waals surface area contributed by atoms with Gasteiger partial charge in [0.25, 0.3) is 0 Å². The van der Waals surface area contributed by atoms with Gasteiger partial charge in [0.2, 0.25) is 0 Å². The first-order valence-electron chi connectivity index (χ1n) is 5.14. The molecule has 0 aliphatic carbocycles. The quantitative estimate of drug-likeness (QED) is 0.754. The van der Waals surface area contributed by atoms with E-state index in [0.717, 1.165) is 37.6 Å². The topological polar surface area (TPSA) is 47.7 Å². The predicted molar refractivity (Wildman–Crippen MR) is 58.0 cm³/mol. The third-order valence-corrected chi connectivity index (χ3v) is 2.36. The normalized spacial score (nSPS) is 17.9. The summed E-state index contributed by atoms with van der Waals surface area (Å²) in [6.45, 7) is 3.79. The Morgan fingerprint density at radius 1 is 1.20 bits per heavy atom. The summed E-state index contributed by atoms with van der Waals surface area (Å²) < 4.78 is 5.23. The van der Waals surface area contributed by atoms with Crippen molar-refractivity contribution in [3.8, 4) is 0 Å². The van der Waals surface area contributed by atoms with Crippen LogP contribution in [0.1, 0.15) is 5.56 Å². The number of anilines is 1. The van der Waals surface area contributed by atoms with Crippen LogP contribution in [0.15, 0.2) is 24.3 Å². The molecule has 1 aromatic rings. The number of hydroxylamine groups is 2. The highest BCUT2D eigenvalue weighted by molar-refractivity contribution is 5.38. The zero-order valence-corrected chi connectivity index (χ0v) is 8.69. The Bertz CT molecular complexity index is 294. The molecule has 4 heteroatoms. The molecule has 1 aliphatic rings. The molecule has 1 aromatic carbocycles. The summed E-state index contributed by atoms with van der Waals surface area (Å²) in [5, 5.41) is 1.94. The number of nitrogens with two attached hydrogens (primary N) is 1. The minimum Gasteiger partial charge on any atom is -0.399 e. The highest BCUT2D eigenvalue weighted by Gasteiger charge is 2.10. The van der Waals surface area contributed by atoms with Gasteiger partial charge in [-0.1, -0.05) is 12.1 Å². The molecule has 0 bridgehead atoms. The Morgan fingerprint density at radius 3 is 2.53 bits per heavy atom. The average molecular weight is 208 g/mol. The van der Waals surface area contributed by atoms with E-state index in [4.69, 9.17) is 15.3 Å². The molecule has 1 saturated heterocycles. The number of hydrogen-bond donors (Lipinski definition) is 1. The first kappa shape index (κ1) is 10.4. The van der Waals surface area contributed by atoms with Crippen LogP contribution in [0.2, 0.25) is 0 Å². The standard InChI is InChI=1S/C11H16N2O2/c12-11-3-1-10(2-4-11)9-15-13-5-7-14-8-6-13/h1-4H,5-9,12H2. The lowest BCUT2D eigenvalue weighted by Gasteiger charge is -2.25. The van der Waals surface area contributed by atoms with Crippen LogP contribution < -0.4 is 5.73 Å². The monoisotopic (exact) mass is 208 g/mol. The zero-order chi connectivity index (χ0) is 10.5. The van der Waals surface area contributed by atoms with Crippen molar-refractivity contribution in [1.29, 1.82) is 0 Å². The van der Waals surface area contributed by atoms with Crippen molar-refractivity contribution >= 4 is 5.69 Å². The van der Waals surface area contributed by atoms with E-state index in [1.165, 1.54) is 0 Å². The molecule has 2 rings (SSSR count). The summed E-state index contributed by atoms with van der Waals surface area (Å²) in [6.07, 6.45) is 0. The summed E-state index contributed by atoms with van der Waals surface area (Å²) >= 11 is 0. The van der Waals surface area contributed by atoms with E-state index in [0.29, 0.717) is 6.61 Å². The molecular formula is C11H16N2O2. The predicted octanol–water partition coefficient (Wildman–Crippen LogP) is 1.03. The number of benzene rings is 1. The van der Waals surface area contributed by atoms with Gasteiger partial charge < -0.3 is 10.5 Å². The number of rotatable bonds is 3. The van der Waals surface area contributed by atoms with E-state index in [1.807, 2.05) is 29.3 Å². The van der Waals surface area contributed by atoms with Gasteiger partial charge in [-0.15, -0.1) is 0 Å². The van der Waals surface area contributed by atoms with Crippen molar-refractivity contribution in [3.63, 3.8) is 0 Å². The maximum atomic E-state index is 5.62. The SMILES string of the molecule is Nc1ccc(CON2CCOCC2)cc1. The fraction of sp³-hybridized carbons (Fsp3) is 0.455. The maximum Gasteiger partial charge on any atom is 0.0935 e. The molecular weight excluding hydrogens is 192 g/mol. The van der Waals surface area contributed by atoms with Gasteiger partial charge >= 0.3 is 0 Å². The van der Waals surface area contributed by atoms with E-state index >= 15 is 0 Å². The molecule has 15 heavy (non-hydrogen) atoms. The van der Waals surface area contributed by atoms with Crippen LogP contribution in [0.4, 0.5) is 5.69 Å². The highest BCUT2D eigenvalue weighted by Crippen LogP contribution is 2.08. The molecule has 0 spiro atoms. The van der Waals surface area contributed by atoms with Crippen LogP contribution in [0, 0.1) is 0 Å². The minimum atomic E-state index is 0.597. The largest absolute Gasteiger partial charge is 0.399 e. The maximum absolute atomic E-state index is 5.62. The van der Waals surface area contributed by atoms with E-state index in [9.17, 15) is 0 Å². The zero-order valence-electron chi connectivity index (χ0n) is 8.69. The molecule has 82 valence electrons. The number of nitrogens with zero attached hydrogens (tertiary/aromatic N) is 1. The van der Waals surface area contributed by atoms with Gasteiger partial charge in [0.05, 0.1) is 19.8 Å². The van der Waals surface area contributed by atoms with E-state index in [-0.39, 0.29) is 0 Å². The van der Waals surface area contributed by atoms with E-state index in [2.05, 4.69) is 0 Å². The summed E-state index contributed by atoms with van der Waals surface area (Å²) in [5.41, 5.74) is 7.52. The first-order chi connectivity index (χ1) is 7.34. The lowest BCUT2D eigenvalue weighted by atomic mass is 10.2. The van der Waals surface area contributed by atoms with Gasteiger partial charge in [0, 0.05) is 18.8 Å². The van der Waals surface area contributed by atoms with Crippen molar-refractivity contribution in [3.05, 3.63) is 29.8 Å². The summed E-state index contributed by atoms with van der Waals surface area (Å²) in [7, 11) is 0. The van der Waals surface area contributed by atoms with Crippen molar-refractivity contribution in [1.82, 2.24) is 5.06 Å². The van der Waals surface area contributed by atoms with E-state index in [1.54, 1.807) is 0 Å². The molecule has 1 fully saturated rings. The van der Waals surface area contributed by atoms with Crippen molar-refractivity contribution in [2.24, 2.45) is 0 Å². The fourth-order valence-electron chi connectivity index (χ4n) is 1.46. The van der Waals surface area contributed by atoms with Gasteiger partial charge in [0.1, 0.15) is 0 Å². The second-order valence-corrected chi connectivity index (χ2v) is 3.56. The minimum absolute atomic E-state index is 0.597. The van der Waals surface area contributed by atoms with Crippen molar-refractivity contribution in [2.45, 2.75) is 6.61 Å². The second kappa shape index (κ2) is 5.11. The first-order valence-corrected chi connectivity index (χ1v) is 5.14. The fourth-order valence-corrected chi connectivity index (χ4v) is 1.46. The second-order valence-electron chi connectivity index (χ2n) is 3.56. The Hall–Kier alpha value is -1.10. The lowest BCUT2D eigenvalue weighted by Crippen LogP contribution is -2.36. The molecule has 2 N–H and O–H groups in total. The Labute approximate surface area is 89.5 Å². The molecule has 0 radical (unpaired) electrons. The van der Waals surface area contributed by atoms with Crippen LogP contribution in [-0.4, -0.2) is 31.4 Å². The molecule has 0 amide bonds. The number of ether oxygens (including phenoxy) is 1. The van der Waals surface area contributed by atoms with Gasteiger partial charge in [0.15, 0.2) is 0 Å². The Morgan fingerprint density at radius 2 is 1.87 bits per heavy atom. The van der Waals surface area contributed by atoms with Crippen LogP contribution >= 0.6 is 0 Å². The third kappa shape index (κ3) is 3.20. The lowest BCUT2D eigenvalue weighted by molar-refractivity contribution is -0.202. The van der Waals surface area contributed by atoms with Crippen LogP contribution in [0.25, 0.3) is 0 Å². The third-order valence-electron chi connectivity index (χ3n) is 2.36. The van der Waals surface area contributed by atoms with Gasteiger partial charge in [-0.25, -0.2) is 0 Å². The molecule has 1 heterocycles. The summed E-state index contributed by atoms with van der Waals surface area (Å²) in [5.74, 6) is 0. The van der Waals surface area contributed by atoms with Crippen LogP contribution in [0.5, 0.6) is 0 Å². The number of hydrogen-bond acceptors (Lipinski definition) is 4. The van der Waals surface area contributed by atoms with E-state index < -0.39 is 0 Å². The van der Waals surface area contributed by atoms with Crippen molar-refractivity contribution < 1.29 is 9.57 Å². The molecule has 4 nitrogen and oxygen atoms in total. The smallest absolute Gasteiger partial charge is 0.0935 e. The Balaban J connectivity index is 1.79. The van der Waals surface area contributed by atoms with Crippen molar-refractivity contribution in [2.75, 3.05) is 32.0 Å². The molecule has 0 atom stereocenters. The summed E-state index contributed by atoms with van der Waals surface area (Å²) in [6, 6.07) is 7.74. The molecule has 0 unspecified atom stereocenters. The molecule has 0 saturated carbocycles. The van der Waals surface area contributed by atoms with Crippen LogP contribution in [-0.2, 0) is 16.2 Å². The van der Waals surface area contributed by atoms with Gasteiger partial charge in [-0.2, -0.15) is 5.06 Å². The summed E-state index contributed by atoms with van der Waals surface area (Å²) in [4.78, 5) is 5.62.